The van der Waals surface area contributed by atoms with E-state index in [0.717, 1.165) is 34.0 Å². The highest BCUT2D eigenvalue weighted by Gasteiger charge is 2.48. The van der Waals surface area contributed by atoms with Crippen molar-refractivity contribution in [2.75, 3.05) is 0 Å². The number of rotatable bonds is 9. The van der Waals surface area contributed by atoms with Gasteiger partial charge in [0.25, 0.3) is 0 Å². The van der Waals surface area contributed by atoms with E-state index >= 15 is 0 Å². The molecule has 0 amide bonds. The van der Waals surface area contributed by atoms with E-state index < -0.39 is 0 Å². The third-order valence-corrected chi connectivity index (χ3v) is 21.1. The van der Waals surface area contributed by atoms with Gasteiger partial charge in [-0.2, -0.15) is 0 Å². The molecule has 4 saturated carbocycles. The van der Waals surface area contributed by atoms with Crippen LogP contribution >= 0.6 is 15.8 Å². The van der Waals surface area contributed by atoms with Gasteiger partial charge in [-0.05, 0) is 149 Å². The first-order chi connectivity index (χ1) is 22.3. The van der Waals surface area contributed by atoms with Crippen LogP contribution in [0.1, 0.15) is 184 Å². The number of benzene rings is 2. The van der Waals surface area contributed by atoms with Gasteiger partial charge in [0.05, 0.1) is 0 Å². The summed E-state index contributed by atoms with van der Waals surface area (Å²) in [5.74, 6) is 0. The molecule has 0 nitrogen and oxygen atoms in total. The highest BCUT2D eigenvalue weighted by Crippen LogP contribution is 2.78. The standard InChI is InChI=1S/C44H68P2/c1-31-27-33(3)41(34(4)28-31)43(45(37-19-11-7-12-20-37)38-21-13-8-14-22-38)44(42-35(5)29-32(2)30-36(42)6)46(39-23-15-9-16-24-39)40-25-17-10-18-26-40/h27-30,37-40,43-44H,7-26H2,1-6H3/t43-,44+. The van der Waals surface area contributed by atoms with Crippen LogP contribution in [-0.4, -0.2) is 22.6 Å². The summed E-state index contributed by atoms with van der Waals surface area (Å²) < 4.78 is 0. The van der Waals surface area contributed by atoms with Gasteiger partial charge in [-0.3, -0.25) is 0 Å². The Morgan fingerprint density at radius 2 is 0.587 bits per heavy atom. The van der Waals surface area contributed by atoms with Gasteiger partial charge < -0.3 is 0 Å². The van der Waals surface area contributed by atoms with E-state index in [1.165, 1.54) is 140 Å². The van der Waals surface area contributed by atoms with Gasteiger partial charge in [0, 0.05) is 11.3 Å². The molecule has 0 bridgehead atoms. The molecule has 0 N–H and O–H groups in total. The summed E-state index contributed by atoms with van der Waals surface area (Å²) in [5, 5.41) is 0. The molecule has 0 aliphatic heterocycles. The second-order valence-electron chi connectivity index (χ2n) is 16.6. The number of hydrogen-bond acceptors (Lipinski definition) is 0. The SMILES string of the molecule is Cc1cc(C)c([C@H]([C@H](c2c(C)cc(C)cc2C)P(C2CCCCC2)C2CCCCC2)P(C2CCCCC2)C2CCCCC2)c(C)c1. The van der Waals surface area contributed by atoms with Crippen molar-refractivity contribution in [3.05, 3.63) is 68.8 Å². The second kappa shape index (κ2) is 16.3. The Bertz CT molecular complexity index is 1090. The summed E-state index contributed by atoms with van der Waals surface area (Å²) in [5.41, 5.74) is 18.5. The zero-order chi connectivity index (χ0) is 32.2. The Hall–Kier alpha value is -0.700. The fourth-order valence-corrected chi connectivity index (χ4v) is 21.4. The molecule has 0 unspecified atom stereocenters. The van der Waals surface area contributed by atoms with Crippen LogP contribution in [-0.2, 0) is 0 Å². The van der Waals surface area contributed by atoms with Crippen molar-refractivity contribution < 1.29 is 0 Å². The minimum absolute atomic E-state index is 0.132. The molecule has 0 aromatic heterocycles. The van der Waals surface area contributed by atoms with Crippen molar-refractivity contribution >= 4 is 15.8 Å². The van der Waals surface area contributed by atoms with Crippen molar-refractivity contribution in [1.29, 1.82) is 0 Å². The van der Waals surface area contributed by atoms with Gasteiger partial charge in [0.15, 0.2) is 0 Å². The minimum Gasteiger partial charge on any atom is -0.0916 e. The maximum absolute atomic E-state index is 2.60. The van der Waals surface area contributed by atoms with E-state index in [4.69, 9.17) is 0 Å². The highest BCUT2D eigenvalue weighted by atomic mass is 31.1. The quantitative estimate of drug-likeness (QED) is 0.235. The van der Waals surface area contributed by atoms with E-state index in [0.29, 0.717) is 0 Å². The smallest absolute Gasteiger partial charge is 0.0161 e. The van der Waals surface area contributed by atoms with Crippen LogP contribution in [0.15, 0.2) is 24.3 Å². The van der Waals surface area contributed by atoms with Crippen LogP contribution in [0.4, 0.5) is 0 Å². The number of hydrogen-bond donors (Lipinski definition) is 0. The van der Waals surface area contributed by atoms with Gasteiger partial charge in [0.2, 0.25) is 0 Å². The molecular formula is C44H68P2. The molecule has 0 saturated heterocycles. The first-order valence-corrected chi connectivity index (χ1v) is 23.1. The van der Waals surface area contributed by atoms with Gasteiger partial charge in [-0.15, -0.1) is 0 Å². The van der Waals surface area contributed by atoms with E-state index in [2.05, 4.69) is 65.8 Å². The average molecular weight is 659 g/mol. The third-order valence-electron chi connectivity index (χ3n) is 13.0. The van der Waals surface area contributed by atoms with Gasteiger partial charge in [0.1, 0.15) is 0 Å². The van der Waals surface area contributed by atoms with Crippen molar-refractivity contribution in [2.24, 2.45) is 0 Å². The zero-order valence-corrected chi connectivity index (χ0v) is 32.6. The van der Waals surface area contributed by atoms with Crippen molar-refractivity contribution in [3.63, 3.8) is 0 Å². The lowest BCUT2D eigenvalue weighted by atomic mass is 9.89. The van der Waals surface area contributed by atoms with Crippen LogP contribution in [0.25, 0.3) is 0 Å². The Kier molecular flexibility index (Phi) is 12.5. The Morgan fingerprint density at radius 3 is 0.804 bits per heavy atom. The largest absolute Gasteiger partial charge is 0.0916 e. The molecule has 2 aromatic rings. The van der Waals surface area contributed by atoms with E-state index in [-0.39, 0.29) is 15.8 Å². The topological polar surface area (TPSA) is 0 Å². The van der Waals surface area contributed by atoms with Gasteiger partial charge in [-0.25, -0.2) is 0 Å². The van der Waals surface area contributed by atoms with E-state index in [1.54, 1.807) is 22.3 Å². The summed E-state index contributed by atoms with van der Waals surface area (Å²) in [4.78, 5) is 0. The maximum Gasteiger partial charge on any atom is 0.0161 e. The molecule has 4 fully saturated rings. The van der Waals surface area contributed by atoms with Crippen LogP contribution < -0.4 is 0 Å². The average Bonchev–Trinajstić information content (AvgIpc) is 3.05. The summed E-state index contributed by atoms with van der Waals surface area (Å²) in [6.07, 6.45) is 30.0. The molecule has 4 aliphatic rings. The molecule has 2 atom stereocenters. The normalized spacial score (nSPS) is 22.9. The Balaban J connectivity index is 1.64. The monoisotopic (exact) mass is 658 g/mol. The fourth-order valence-electron chi connectivity index (χ4n) is 11.3. The summed E-state index contributed by atoms with van der Waals surface area (Å²) >= 11 is 0. The lowest BCUT2D eigenvalue weighted by Gasteiger charge is -2.52. The fraction of sp³-hybridized carbons (Fsp3) is 0.727. The molecule has 2 aromatic carbocycles. The van der Waals surface area contributed by atoms with Crippen LogP contribution in [0.2, 0.25) is 0 Å². The number of aryl methyl sites for hydroxylation is 6. The molecule has 254 valence electrons. The Labute approximate surface area is 287 Å². The second-order valence-corrected chi connectivity index (χ2v) is 22.4. The van der Waals surface area contributed by atoms with Crippen molar-refractivity contribution in [3.8, 4) is 0 Å². The van der Waals surface area contributed by atoms with E-state index in [9.17, 15) is 0 Å². The van der Waals surface area contributed by atoms with Gasteiger partial charge in [-0.1, -0.05) is 128 Å². The molecular weight excluding hydrogens is 590 g/mol. The van der Waals surface area contributed by atoms with Crippen molar-refractivity contribution in [1.82, 2.24) is 0 Å². The van der Waals surface area contributed by atoms with E-state index in [1.807, 2.05) is 11.1 Å². The minimum atomic E-state index is -0.132. The van der Waals surface area contributed by atoms with Crippen LogP contribution in [0.3, 0.4) is 0 Å². The van der Waals surface area contributed by atoms with Crippen LogP contribution in [0, 0.1) is 41.5 Å². The summed E-state index contributed by atoms with van der Waals surface area (Å²) in [6, 6.07) is 10.4. The molecule has 46 heavy (non-hydrogen) atoms. The third kappa shape index (κ3) is 7.86. The van der Waals surface area contributed by atoms with Crippen LogP contribution in [0.5, 0.6) is 0 Å². The maximum atomic E-state index is 2.60. The molecule has 2 heteroatoms. The van der Waals surface area contributed by atoms with Gasteiger partial charge >= 0.3 is 0 Å². The molecule has 0 heterocycles. The molecule has 4 aliphatic carbocycles. The highest BCUT2D eigenvalue weighted by molar-refractivity contribution is 7.63. The predicted octanol–water partition coefficient (Wildman–Crippen LogP) is 14.6. The Morgan fingerprint density at radius 1 is 0.370 bits per heavy atom. The molecule has 0 radical (unpaired) electrons. The predicted molar refractivity (Wildman–Crippen MR) is 208 cm³/mol. The summed E-state index contributed by atoms with van der Waals surface area (Å²) in [7, 11) is -0.265. The zero-order valence-electron chi connectivity index (χ0n) is 30.8. The first-order valence-electron chi connectivity index (χ1n) is 20.0. The lowest BCUT2D eigenvalue weighted by Crippen LogP contribution is -2.31. The van der Waals surface area contributed by atoms with Crippen molar-refractivity contribution in [2.45, 2.75) is 204 Å². The molecule has 0 spiro atoms. The lowest BCUT2D eigenvalue weighted by molar-refractivity contribution is 0.473. The summed E-state index contributed by atoms with van der Waals surface area (Å²) in [6.45, 7) is 14.8. The molecule has 6 rings (SSSR count). The first kappa shape index (κ1) is 35.1.